The van der Waals surface area contributed by atoms with Crippen LogP contribution in [0.15, 0.2) is 36.4 Å². The molecule has 0 aliphatic heterocycles. The normalized spacial score (nSPS) is 9.90. The van der Waals surface area contributed by atoms with Crippen molar-refractivity contribution in [2.75, 3.05) is 82.0 Å². The number of ether oxygens (including phenoxy) is 10. The second-order valence-corrected chi connectivity index (χ2v) is 22.1. The van der Waals surface area contributed by atoms with E-state index in [-0.39, 0.29) is 29.9 Å². The monoisotopic (exact) mass is 1550 g/mol. The quantitative estimate of drug-likeness (QED) is 0.0721. The van der Waals surface area contributed by atoms with Gasteiger partial charge in [-0.15, -0.1) is 4.98 Å². The molecular formula is C68H95ClF5N25O10. The third kappa shape index (κ3) is 44.1. The van der Waals surface area contributed by atoms with Crippen LogP contribution < -0.4 is 52.3 Å². The van der Waals surface area contributed by atoms with Crippen molar-refractivity contribution in [1.29, 1.82) is 0 Å². The third-order valence-electron chi connectivity index (χ3n) is 11.4. The van der Waals surface area contributed by atoms with Gasteiger partial charge in [-0.25, -0.2) is 49.8 Å². The van der Waals surface area contributed by atoms with Crippen molar-refractivity contribution in [1.82, 2.24) is 120 Å². The topological polar surface area (TPSA) is 405 Å². The molecule has 109 heavy (non-hydrogen) atoms. The van der Waals surface area contributed by atoms with Gasteiger partial charge in [0.2, 0.25) is 41.2 Å². The van der Waals surface area contributed by atoms with Crippen LogP contribution in [0.1, 0.15) is 111 Å². The first-order valence-electron chi connectivity index (χ1n) is 32.3. The van der Waals surface area contributed by atoms with Crippen LogP contribution in [0.4, 0.5) is 27.9 Å². The van der Waals surface area contributed by atoms with Crippen LogP contribution in [-0.2, 0) is 0 Å². The number of hydrogen-bond acceptors (Lipinski definition) is 35. The molecule has 0 bridgehead atoms. The van der Waals surface area contributed by atoms with Gasteiger partial charge in [0.25, 0.3) is 0 Å². The van der Waals surface area contributed by atoms with E-state index in [0.29, 0.717) is 93.6 Å². The maximum Gasteiger partial charge on any atom is 0.422 e. The van der Waals surface area contributed by atoms with Crippen molar-refractivity contribution < 1.29 is 69.3 Å². The predicted octanol–water partition coefficient (Wildman–Crippen LogP) is 10.6. The first kappa shape index (κ1) is 95.3. The number of nitrogens with zero attached hydrogens (tertiary/aromatic N) is 25. The molecule has 0 saturated heterocycles. The minimum atomic E-state index is -4.40. The van der Waals surface area contributed by atoms with Gasteiger partial charge in [-0.1, -0.05) is 11.6 Å². The molecule has 10 aromatic heterocycles. The van der Waals surface area contributed by atoms with E-state index in [1.165, 1.54) is 34.5 Å². The lowest BCUT2D eigenvalue weighted by molar-refractivity contribution is -0.154. The van der Waals surface area contributed by atoms with Crippen LogP contribution in [0, 0.1) is 125 Å². The fourth-order valence-electron chi connectivity index (χ4n) is 7.69. The lowest BCUT2D eigenvalue weighted by Crippen LogP contribution is -2.21. The molecule has 10 aromatic rings. The fourth-order valence-corrected chi connectivity index (χ4v) is 7.90. The van der Waals surface area contributed by atoms with Crippen molar-refractivity contribution in [3.63, 3.8) is 0 Å². The molecule has 0 spiro atoms. The van der Waals surface area contributed by atoms with E-state index in [4.69, 9.17) is 49.5 Å². The van der Waals surface area contributed by atoms with Crippen molar-refractivity contribution >= 4 is 17.5 Å². The van der Waals surface area contributed by atoms with Crippen molar-refractivity contribution in [2.24, 2.45) is 0 Å². The Morgan fingerprint density at radius 1 is 0.312 bits per heavy atom. The van der Waals surface area contributed by atoms with Gasteiger partial charge in [0.05, 0.1) is 62.4 Å². The number of aromatic nitrogens is 24. The molecule has 594 valence electrons. The molecule has 0 amide bonds. The molecule has 10 heterocycles. The van der Waals surface area contributed by atoms with Gasteiger partial charge in [-0.3, -0.25) is 0 Å². The van der Waals surface area contributed by atoms with E-state index in [0.717, 1.165) is 57.7 Å². The van der Waals surface area contributed by atoms with Crippen molar-refractivity contribution in [2.45, 2.75) is 144 Å². The minimum absolute atomic E-state index is 0.0880. The summed E-state index contributed by atoms with van der Waals surface area (Å²) in [6.07, 6.45) is -4.40. The average Bonchev–Trinajstić information content (AvgIpc) is 0.861. The summed E-state index contributed by atoms with van der Waals surface area (Å²) in [6, 6.07) is 10.7. The molecule has 35 nitrogen and oxygen atoms in total. The second-order valence-electron chi connectivity index (χ2n) is 21.7. The van der Waals surface area contributed by atoms with Crippen molar-refractivity contribution in [3.8, 4) is 59.3 Å². The molecule has 0 saturated carbocycles. The average molecular weight is 1550 g/mol. The number of anilines is 1. The molecule has 0 N–H and O–H groups in total. The summed E-state index contributed by atoms with van der Waals surface area (Å²) in [5.41, 5.74) is 4.57. The van der Waals surface area contributed by atoms with Crippen LogP contribution in [0.5, 0.6) is 59.3 Å². The Morgan fingerprint density at radius 3 is 0.945 bits per heavy atom. The zero-order chi connectivity index (χ0) is 82.7. The smallest absolute Gasteiger partial charge is 0.422 e. The van der Waals surface area contributed by atoms with Crippen LogP contribution >= 0.6 is 11.6 Å². The zero-order valence-corrected chi connectivity index (χ0v) is 67.2. The Labute approximate surface area is 635 Å². The summed E-state index contributed by atoms with van der Waals surface area (Å²) in [7, 11) is 14.1. The van der Waals surface area contributed by atoms with E-state index in [9.17, 15) is 22.0 Å². The highest BCUT2D eigenvalue weighted by atomic mass is 35.5. The first-order valence-corrected chi connectivity index (χ1v) is 32.7. The Kier molecular flexibility index (Phi) is 43.6. The number of alkyl halides is 5. The van der Waals surface area contributed by atoms with Crippen molar-refractivity contribution in [3.05, 3.63) is 146 Å². The van der Waals surface area contributed by atoms with Gasteiger partial charge in [0, 0.05) is 66.8 Å². The second kappa shape index (κ2) is 49.9. The Morgan fingerprint density at radius 2 is 0.596 bits per heavy atom. The van der Waals surface area contributed by atoms with Gasteiger partial charge in [-0.05, 0) is 138 Å². The number of rotatable bonds is 14. The summed E-state index contributed by atoms with van der Waals surface area (Å²) in [5.74, 6) is 11.7. The van der Waals surface area contributed by atoms with E-state index >= 15 is 0 Å². The van der Waals surface area contributed by atoms with Crippen LogP contribution in [0.3, 0.4) is 0 Å². The van der Waals surface area contributed by atoms with Gasteiger partial charge < -0.3 is 52.3 Å². The van der Waals surface area contributed by atoms with E-state index in [2.05, 4.69) is 129 Å². The molecule has 0 aromatic carbocycles. The molecular weight excluding hydrogens is 1460 g/mol. The lowest BCUT2D eigenvalue weighted by atomic mass is 10.3. The highest BCUT2D eigenvalue weighted by Gasteiger charge is 2.29. The maximum absolute atomic E-state index is 11.9. The molecule has 0 unspecified atom stereocenters. The minimum Gasteiger partial charge on any atom is -0.481 e. The van der Waals surface area contributed by atoms with Gasteiger partial charge in [0.15, 0.2) is 6.61 Å². The van der Waals surface area contributed by atoms with Crippen LogP contribution in [0.2, 0.25) is 5.15 Å². The summed E-state index contributed by atoms with van der Waals surface area (Å²) >= 11 is 5.60. The molecule has 41 heteroatoms. The number of methoxy groups -OCH3 is 7. The van der Waals surface area contributed by atoms with Gasteiger partial charge in [0.1, 0.15) is 80.9 Å². The molecule has 0 aliphatic carbocycles. The predicted molar refractivity (Wildman–Crippen MR) is 391 cm³/mol. The SMILES string of the molecule is CCOc1cc(C)nc(C)n1.COc1cc(C)nc(C)n1.COc1cc(Cl)nc(C)n1.COc1cc(OC)nc(C)n1.COc1nc(C)nc(C)n1.COc1nc(C)nc(OC)n1.Cc1cc(C)nc(C)n1.Cc1cc(OC(F)F)nc(C)n1.Cc1nc(C)nc(C)n1.Cc1nc(OCC(F)(F)F)nc(N(C)C)n1. The summed E-state index contributed by atoms with van der Waals surface area (Å²) < 4.78 is 107. The van der Waals surface area contributed by atoms with Crippen LogP contribution in [0.25, 0.3) is 0 Å². The van der Waals surface area contributed by atoms with E-state index < -0.39 is 19.4 Å². The largest absolute Gasteiger partial charge is 0.481 e. The Bertz CT molecular complexity index is 3890. The maximum atomic E-state index is 11.9. The summed E-state index contributed by atoms with van der Waals surface area (Å²) in [4.78, 5) is 96.1. The first-order chi connectivity index (χ1) is 51.1. The van der Waals surface area contributed by atoms with Gasteiger partial charge in [-0.2, -0.15) is 86.7 Å². The summed E-state index contributed by atoms with van der Waals surface area (Å²) in [6.45, 7) is 31.1. The molecule has 0 radical (unpaired) electrons. The molecule has 0 fully saturated rings. The van der Waals surface area contributed by atoms with Gasteiger partial charge >= 0.3 is 36.8 Å². The Hall–Kier alpha value is -11.7. The molecule has 0 atom stereocenters. The lowest BCUT2D eigenvalue weighted by Gasteiger charge is -2.12. The highest BCUT2D eigenvalue weighted by molar-refractivity contribution is 6.29. The number of aryl methyl sites for hydroxylation is 18. The Balaban J connectivity index is 0.000000608. The standard InChI is InChI=1S/C8H11F3N4O.C8H12N2O.C7H8F2N2O.C7H10N2O2.C7H10N2O.C7H10N2.C6H7ClN2O.C6H9N3O2.C6H9N3O.C6H9N3/c1-5-12-6(15(2)3)14-7(13-5)16-4-8(9,10)11;1-4-11-8-5-6(2)9-7(3)10-8;1-4-3-6(12-7(8)9)11-5(2)10-4;1-5-8-6(10-2)4-7(9-5)11-3;1-5-4-7(10-3)9-6(2)8-5;1-5-4-6(2)9-7(3)8-5;1-4-8-5(7)3-6(9-4)10-2;1-4-7-5(10-2)9-6(8-4)11-3;1-4-7-5(2)9-6(8-4)10-3;1-4-7-5(2)9-6(3)8-4/h4H2,1-3H3;5H,4H2,1-3H3;3,7H,1-2H3;4H,1-3H3;4H,1-3H3;4H,1-3H3;3H,1-2H3;1-3H3;1-3H3;1-3H3. The molecule has 0 aliphatic rings. The zero-order valence-electron chi connectivity index (χ0n) is 66.5. The van der Waals surface area contributed by atoms with E-state index in [1.807, 2.05) is 88.3 Å². The number of hydrogen-bond donors (Lipinski definition) is 0. The molecule has 10 rings (SSSR count). The van der Waals surface area contributed by atoms with Crippen LogP contribution in [-0.4, -0.2) is 209 Å². The summed E-state index contributed by atoms with van der Waals surface area (Å²) in [5, 5.41) is 0.407. The van der Waals surface area contributed by atoms with E-state index in [1.54, 1.807) is 114 Å². The number of halogens is 6. The highest BCUT2D eigenvalue weighted by Crippen LogP contribution is 2.19. The third-order valence-corrected chi connectivity index (χ3v) is 11.6. The fraction of sp³-hybridized carbons (Fsp3) is 0.471.